The fourth-order valence-electron chi connectivity index (χ4n) is 3.71. The highest BCUT2D eigenvalue weighted by atomic mass is 15.2. The molecule has 0 aromatic heterocycles. The number of hydrogen-bond acceptors (Lipinski definition) is 3. The molecule has 3 heteroatoms. The zero-order valence-corrected chi connectivity index (χ0v) is 13.4. The van der Waals surface area contributed by atoms with E-state index in [9.17, 15) is 0 Å². The predicted octanol–water partition coefficient (Wildman–Crippen LogP) is 3.03. The number of piperazine rings is 1. The van der Waals surface area contributed by atoms with Crippen LogP contribution in [-0.4, -0.2) is 44.2 Å². The summed E-state index contributed by atoms with van der Waals surface area (Å²) >= 11 is 0. The summed E-state index contributed by atoms with van der Waals surface area (Å²) in [5.41, 5.74) is 2.91. The van der Waals surface area contributed by atoms with Gasteiger partial charge in [-0.2, -0.15) is 0 Å². The Hall–Kier alpha value is -1.06. The molecular weight excluding hydrogens is 258 g/mol. The van der Waals surface area contributed by atoms with E-state index in [-0.39, 0.29) is 0 Å². The zero-order valence-electron chi connectivity index (χ0n) is 13.4. The minimum Gasteiger partial charge on any atom is -0.372 e. The van der Waals surface area contributed by atoms with Crippen molar-refractivity contribution in [3.63, 3.8) is 0 Å². The maximum absolute atomic E-state index is 3.46. The molecule has 1 atom stereocenters. The van der Waals surface area contributed by atoms with Gasteiger partial charge < -0.3 is 10.2 Å². The van der Waals surface area contributed by atoms with Gasteiger partial charge in [0.2, 0.25) is 0 Å². The van der Waals surface area contributed by atoms with Crippen molar-refractivity contribution in [1.82, 2.24) is 10.2 Å². The quantitative estimate of drug-likeness (QED) is 0.898. The van der Waals surface area contributed by atoms with Crippen molar-refractivity contribution >= 4 is 5.69 Å². The SMILES string of the molecule is CCC[C@@H](c1ccc(N2CCCC2)cc1)N1CCNCC1. The van der Waals surface area contributed by atoms with E-state index in [1.165, 1.54) is 63.1 Å². The molecule has 2 heterocycles. The highest BCUT2D eigenvalue weighted by molar-refractivity contribution is 5.48. The Kier molecular flexibility index (Phi) is 5.15. The van der Waals surface area contributed by atoms with Crippen molar-refractivity contribution in [3.8, 4) is 0 Å². The normalized spacial score (nSPS) is 21.7. The van der Waals surface area contributed by atoms with Crippen molar-refractivity contribution in [2.75, 3.05) is 44.2 Å². The molecule has 3 nitrogen and oxygen atoms in total. The Balaban J connectivity index is 1.72. The lowest BCUT2D eigenvalue weighted by Crippen LogP contribution is -2.45. The van der Waals surface area contributed by atoms with Gasteiger partial charge in [0, 0.05) is 51.0 Å². The van der Waals surface area contributed by atoms with E-state index in [0.717, 1.165) is 13.1 Å². The van der Waals surface area contributed by atoms with Crippen LogP contribution in [-0.2, 0) is 0 Å². The molecule has 3 rings (SSSR count). The van der Waals surface area contributed by atoms with Crippen LogP contribution in [0, 0.1) is 0 Å². The van der Waals surface area contributed by atoms with Crippen LogP contribution in [0.3, 0.4) is 0 Å². The van der Waals surface area contributed by atoms with Crippen LogP contribution in [0.4, 0.5) is 5.69 Å². The lowest BCUT2D eigenvalue weighted by molar-refractivity contribution is 0.164. The molecule has 0 radical (unpaired) electrons. The van der Waals surface area contributed by atoms with Crippen molar-refractivity contribution in [1.29, 1.82) is 0 Å². The molecule has 0 bridgehead atoms. The molecule has 2 aliphatic rings. The van der Waals surface area contributed by atoms with E-state index < -0.39 is 0 Å². The van der Waals surface area contributed by atoms with Crippen LogP contribution >= 0.6 is 0 Å². The Bertz CT molecular complexity index is 417. The first-order valence-electron chi connectivity index (χ1n) is 8.68. The molecular formula is C18H29N3. The summed E-state index contributed by atoms with van der Waals surface area (Å²) in [6.07, 6.45) is 5.22. The second kappa shape index (κ2) is 7.28. The van der Waals surface area contributed by atoms with Crippen LogP contribution in [0.25, 0.3) is 0 Å². The third-order valence-corrected chi connectivity index (χ3v) is 4.90. The van der Waals surface area contributed by atoms with Gasteiger partial charge in [0.25, 0.3) is 0 Å². The van der Waals surface area contributed by atoms with Crippen LogP contribution < -0.4 is 10.2 Å². The van der Waals surface area contributed by atoms with Gasteiger partial charge in [-0.3, -0.25) is 4.90 Å². The summed E-state index contributed by atoms with van der Waals surface area (Å²) in [6.45, 7) is 9.38. The van der Waals surface area contributed by atoms with Gasteiger partial charge in [0.1, 0.15) is 0 Å². The minimum absolute atomic E-state index is 0.602. The van der Waals surface area contributed by atoms with Gasteiger partial charge in [-0.15, -0.1) is 0 Å². The Labute approximate surface area is 129 Å². The molecule has 2 saturated heterocycles. The first kappa shape index (κ1) is 14.9. The summed E-state index contributed by atoms with van der Waals surface area (Å²) in [5.74, 6) is 0. The van der Waals surface area contributed by atoms with Gasteiger partial charge in [-0.05, 0) is 37.0 Å². The number of nitrogens with one attached hydrogen (secondary N) is 1. The first-order valence-corrected chi connectivity index (χ1v) is 8.68. The Morgan fingerprint density at radius 2 is 1.67 bits per heavy atom. The molecule has 0 amide bonds. The van der Waals surface area contributed by atoms with Gasteiger partial charge in [-0.25, -0.2) is 0 Å². The van der Waals surface area contributed by atoms with Gasteiger partial charge in [0.05, 0.1) is 0 Å². The van der Waals surface area contributed by atoms with E-state index in [4.69, 9.17) is 0 Å². The van der Waals surface area contributed by atoms with Crippen molar-refractivity contribution < 1.29 is 0 Å². The highest BCUT2D eigenvalue weighted by Crippen LogP contribution is 2.28. The predicted molar refractivity (Wildman–Crippen MR) is 90.0 cm³/mol. The van der Waals surface area contributed by atoms with E-state index in [0.29, 0.717) is 6.04 Å². The summed E-state index contributed by atoms with van der Waals surface area (Å²) in [4.78, 5) is 5.17. The number of benzene rings is 1. The minimum atomic E-state index is 0.602. The fraction of sp³-hybridized carbons (Fsp3) is 0.667. The molecule has 0 spiro atoms. The van der Waals surface area contributed by atoms with Crippen molar-refractivity contribution in [2.24, 2.45) is 0 Å². The Morgan fingerprint density at radius 1 is 1.00 bits per heavy atom. The second-order valence-corrected chi connectivity index (χ2v) is 6.38. The van der Waals surface area contributed by atoms with Gasteiger partial charge >= 0.3 is 0 Å². The zero-order chi connectivity index (χ0) is 14.5. The molecule has 1 aromatic rings. The average molecular weight is 287 g/mol. The molecule has 2 aliphatic heterocycles. The van der Waals surface area contributed by atoms with E-state index in [1.54, 1.807) is 0 Å². The van der Waals surface area contributed by atoms with Crippen LogP contribution in [0.1, 0.15) is 44.2 Å². The maximum Gasteiger partial charge on any atom is 0.0366 e. The third-order valence-electron chi connectivity index (χ3n) is 4.90. The highest BCUT2D eigenvalue weighted by Gasteiger charge is 2.21. The number of anilines is 1. The monoisotopic (exact) mass is 287 g/mol. The lowest BCUT2D eigenvalue weighted by Gasteiger charge is -2.35. The molecule has 1 N–H and O–H groups in total. The second-order valence-electron chi connectivity index (χ2n) is 6.38. The van der Waals surface area contributed by atoms with Crippen LogP contribution in [0.2, 0.25) is 0 Å². The van der Waals surface area contributed by atoms with E-state index in [2.05, 4.69) is 46.3 Å². The summed E-state index contributed by atoms with van der Waals surface area (Å²) in [7, 11) is 0. The molecule has 2 fully saturated rings. The summed E-state index contributed by atoms with van der Waals surface area (Å²) in [6, 6.07) is 10.0. The standard InChI is InChI=1S/C18H29N3/c1-2-5-18(21-14-10-19-11-15-21)16-6-8-17(9-7-16)20-12-3-4-13-20/h6-9,18-19H,2-5,10-15H2,1H3/t18-/m0/s1. The topological polar surface area (TPSA) is 18.5 Å². The van der Waals surface area contributed by atoms with Crippen molar-refractivity contribution in [3.05, 3.63) is 29.8 Å². The maximum atomic E-state index is 3.46. The van der Waals surface area contributed by atoms with Crippen LogP contribution in [0.5, 0.6) is 0 Å². The smallest absolute Gasteiger partial charge is 0.0366 e. The first-order chi connectivity index (χ1) is 10.4. The van der Waals surface area contributed by atoms with E-state index in [1.807, 2.05) is 0 Å². The summed E-state index contributed by atoms with van der Waals surface area (Å²) in [5, 5.41) is 3.46. The summed E-state index contributed by atoms with van der Waals surface area (Å²) < 4.78 is 0. The molecule has 0 aliphatic carbocycles. The number of rotatable bonds is 5. The average Bonchev–Trinajstić information content (AvgIpc) is 3.08. The van der Waals surface area contributed by atoms with Gasteiger partial charge in [-0.1, -0.05) is 25.5 Å². The van der Waals surface area contributed by atoms with Crippen LogP contribution in [0.15, 0.2) is 24.3 Å². The van der Waals surface area contributed by atoms with E-state index >= 15 is 0 Å². The number of hydrogen-bond donors (Lipinski definition) is 1. The lowest BCUT2D eigenvalue weighted by atomic mass is 9.99. The molecule has 0 unspecified atom stereocenters. The Morgan fingerprint density at radius 3 is 2.29 bits per heavy atom. The van der Waals surface area contributed by atoms with Gasteiger partial charge in [0.15, 0.2) is 0 Å². The largest absolute Gasteiger partial charge is 0.372 e. The fourth-order valence-corrected chi connectivity index (χ4v) is 3.71. The molecule has 116 valence electrons. The number of nitrogens with zero attached hydrogens (tertiary/aromatic N) is 2. The molecule has 0 saturated carbocycles. The molecule has 1 aromatic carbocycles. The molecule has 21 heavy (non-hydrogen) atoms. The van der Waals surface area contributed by atoms with Crippen molar-refractivity contribution in [2.45, 2.75) is 38.6 Å². The third kappa shape index (κ3) is 3.58.